The predicted octanol–water partition coefficient (Wildman–Crippen LogP) is 2.90. The average molecular weight is 181 g/mol. The third-order valence-corrected chi connectivity index (χ3v) is 1.98. The lowest BCUT2D eigenvalue weighted by Crippen LogP contribution is -2.13. The molecule has 1 N–H and O–H groups in total. The molecule has 0 unspecified atom stereocenters. The Morgan fingerprint density at radius 3 is 2.69 bits per heavy atom. The van der Waals surface area contributed by atoms with Crippen molar-refractivity contribution in [1.82, 2.24) is 5.32 Å². The van der Waals surface area contributed by atoms with Crippen molar-refractivity contribution in [2.24, 2.45) is 0 Å². The maximum atomic E-state index is 5.63. The first-order chi connectivity index (χ1) is 6.24. The summed E-state index contributed by atoms with van der Waals surface area (Å²) in [6.45, 7) is 8.34. The van der Waals surface area contributed by atoms with Crippen LogP contribution in [0.2, 0.25) is 0 Å². The van der Waals surface area contributed by atoms with Crippen molar-refractivity contribution in [3.8, 4) is 0 Å². The van der Waals surface area contributed by atoms with Gasteiger partial charge in [0.1, 0.15) is 11.5 Å². The highest BCUT2D eigenvalue weighted by Gasteiger charge is 2.04. The molecule has 0 saturated carbocycles. The Morgan fingerprint density at radius 1 is 1.38 bits per heavy atom. The van der Waals surface area contributed by atoms with Crippen molar-refractivity contribution in [3.63, 3.8) is 0 Å². The summed E-state index contributed by atoms with van der Waals surface area (Å²) in [6.07, 6.45) is 1.16. The molecule has 0 radical (unpaired) electrons. The standard InChI is InChI=1S/C11H19NO/c1-4-7-12-8-10-5-6-11(13-10)9(2)3/h5-6,9,12H,4,7-8H2,1-3H3. The largest absolute Gasteiger partial charge is 0.464 e. The number of furan rings is 1. The van der Waals surface area contributed by atoms with Gasteiger partial charge < -0.3 is 9.73 Å². The number of rotatable bonds is 5. The molecule has 1 aromatic heterocycles. The first-order valence-corrected chi connectivity index (χ1v) is 5.03. The van der Waals surface area contributed by atoms with E-state index < -0.39 is 0 Å². The summed E-state index contributed by atoms with van der Waals surface area (Å²) >= 11 is 0. The van der Waals surface area contributed by atoms with Gasteiger partial charge in [-0.15, -0.1) is 0 Å². The first kappa shape index (κ1) is 10.3. The Hall–Kier alpha value is -0.760. The summed E-state index contributed by atoms with van der Waals surface area (Å²) in [5.74, 6) is 2.60. The van der Waals surface area contributed by atoms with E-state index in [1.54, 1.807) is 0 Å². The quantitative estimate of drug-likeness (QED) is 0.706. The fourth-order valence-electron chi connectivity index (χ4n) is 1.19. The van der Waals surface area contributed by atoms with Crippen LogP contribution in [0.15, 0.2) is 16.5 Å². The molecule has 1 rings (SSSR count). The van der Waals surface area contributed by atoms with Crippen molar-refractivity contribution >= 4 is 0 Å². The minimum atomic E-state index is 0.486. The van der Waals surface area contributed by atoms with E-state index in [4.69, 9.17) is 4.42 Å². The van der Waals surface area contributed by atoms with E-state index in [0.29, 0.717) is 5.92 Å². The van der Waals surface area contributed by atoms with Gasteiger partial charge in [0.05, 0.1) is 6.54 Å². The van der Waals surface area contributed by atoms with Gasteiger partial charge in [0.2, 0.25) is 0 Å². The van der Waals surface area contributed by atoms with Crippen LogP contribution in [-0.4, -0.2) is 6.54 Å². The van der Waals surface area contributed by atoms with Crippen molar-refractivity contribution < 1.29 is 4.42 Å². The van der Waals surface area contributed by atoms with Crippen LogP contribution in [0.4, 0.5) is 0 Å². The van der Waals surface area contributed by atoms with Gasteiger partial charge in [-0.1, -0.05) is 20.8 Å². The Morgan fingerprint density at radius 2 is 2.15 bits per heavy atom. The van der Waals surface area contributed by atoms with Gasteiger partial charge in [-0.05, 0) is 25.1 Å². The zero-order valence-electron chi connectivity index (χ0n) is 8.76. The molecule has 0 aliphatic heterocycles. The second-order valence-electron chi connectivity index (χ2n) is 3.64. The minimum absolute atomic E-state index is 0.486. The third-order valence-electron chi connectivity index (χ3n) is 1.98. The van der Waals surface area contributed by atoms with Crippen molar-refractivity contribution in [1.29, 1.82) is 0 Å². The van der Waals surface area contributed by atoms with Crippen LogP contribution in [0.1, 0.15) is 44.6 Å². The van der Waals surface area contributed by atoms with E-state index in [2.05, 4.69) is 38.2 Å². The summed E-state index contributed by atoms with van der Waals surface area (Å²) in [5.41, 5.74) is 0. The predicted molar refractivity (Wildman–Crippen MR) is 54.8 cm³/mol. The molecule has 1 heterocycles. The second kappa shape index (κ2) is 5.07. The zero-order valence-corrected chi connectivity index (χ0v) is 8.76. The van der Waals surface area contributed by atoms with Crippen LogP contribution in [0, 0.1) is 0 Å². The molecule has 0 fully saturated rings. The van der Waals surface area contributed by atoms with Crippen molar-refractivity contribution in [2.75, 3.05) is 6.54 Å². The highest BCUT2D eigenvalue weighted by molar-refractivity contribution is 5.09. The summed E-state index contributed by atoms with van der Waals surface area (Å²) in [4.78, 5) is 0. The van der Waals surface area contributed by atoms with Crippen LogP contribution in [0.25, 0.3) is 0 Å². The van der Waals surface area contributed by atoms with Gasteiger partial charge in [0, 0.05) is 5.92 Å². The molecule has 0 aromatic carbocycles. The SMILES string of the molecule is CCCNCc1ccc(C(C)C)o1. The maximum absolute atomic E-state index is 5.63. The Bertz CT molecular complexity index is 240. The van der Waals surface area contributed by atoms with Gasteiger partial charge in [-0.25, -0.2) is 0 Å². The molecule has 13 heavy (non-hydrogen) atoms. The number of hydrogen-bond acceptors (Lipinski definition) is 2. The number of nitrogens with one attached hydrogen (secondary N) is 1. The van der Waals surface area contributed by atoms with Gasteiger partial charge in [-0.2, -0.15) is 0 Å². The molecule has 0 aliphatic rings. The second-order valence-corrected chi connectivity index (χ2v) is 3.64. The molecule has 2 nitrogen and oxygen atoms in total. The number of hydrogen-bond donors (Lipinski definition) is 1. The zero-order chi connectivity index (χ0) is 9.68. The van der Waals surface area contributed by atoms with Crippen LogP contribution in [-0.2, 0) is 6.54 Å². The smallest absolute Gasteiger partial charge is 0.117 e. The molecule has 0 spiro atoms. The lowest BCUT2D eigenvalue weighted by Gasteiger charge is -2.00. The van der Waals surface area contributed by atoms with Gasteiger partial charge in [0.15, 0.2) is 0 Å². The summed E-state index contributed by atoms with van der Waals surface area (Å²) in [6, 6.07) is 4.12. The fourth-order valence-corrected chi connectivity index (χ4v) is 1.19. The highest BCUT2D eigenvalue weighted by atomic mass is 16.3. The normalized spacial score (nSPS) is 11.1. The molecule has 0 amide bonds. The summed E-state index contributed by atoms with van der Waals surface area (Å²) in [7, 11) is 0. The molecular formula is C11H19NO. The van der Waals surface area contributed by atoms with Crippen molar-refractivity contribution in [3.05, 3.63) is 23.7 Å². The van der Waals surface area contributed by atoms with Crippen LogP contribution >= 0.6 is 0 Å². The monoisotopic (exact) mass is 181 g/mol. The highest BCUT2D eigenvalue weighted by Crippen LogP contribution is 2.17. The van der Waals surface area contributed by atoms with E-state index in [1.807, 2.05) is 0 Å². The van der Waals surface area contributed by atoms with Crippen LogP contribution < -0.4 is 5.32 Å². The Labute approximate surface area is 80.3 Å². The first-order valence-electron chi connectivity index (χ1n) is 5.03. The fraction of sp³-hybridized carbons (Fsp3) is 0.636. The topological polar surface area (TPSA) is 25.2 Å². The molecule has 0 atom stereocenters. The van der Waals surface area contributed by atoms with Crippen LogP contribution in [0.3, 0.4) is 0 Å². The van der Waals surface area contributed by atoms with E-state index in [9.17, 15) is 0 Å². The Balaban J connectivity index is 2.40. The molecule has 74 valence electrons. The van der Waals surface area contributed by atoms with Gasteiger partial charge >= 0.3 is 0 Å². The summed E-state index contributed by atoms with van der Waals surface area (Å²) < 4.78 is 5.63. The molecule has 0 saturated heterocycles. The third kappa shape index (κ3) is 3.23. The molecule has 1 aromatic rings. The van der Waals surface area contributed by atoms with Gasteiger partial charge in [-0.3, -0.25) is 0 Å². The van der Waals surface area contributed by atoms with E-state index >= 15 is 0 Å². The Kier molecular flexibility index (Phi) is 4.03. The lowest BCUT2D eigenvalue weighted by molar-refractivity contribution is 0.432. The van der Waals surface area contributed by atoms with E-state index in [0.717, 1.165) is 31.0 Å². The van der Waals surface area contributed by atoms with Crippen molar-refractivity contribution in [2.45, 2.75) is 39.7 Å². The summed E-state index contributed by atoms with van der Waals surface area (Å²) in [5, 5.41) is 3.31. The van der Waals surface area contributed by atoms with E-state index in [-0.39, 0.29) is 0 Å². The average Bonchev–Trinajstić information content (AvgIpc) is 2.53. The molecule has 0 bridgehead atoms. The molecule has 0 aliphatic carbocycles. The van der Waals surface area contributed by atoms with E-state index in [1.165, 1.54) is 0 Å². The van der Waals surface area contributed by atoms with Gasteiger partial charge in [0.25, 0.3) is 0 Å². The molecular weight excluding hydrogens is 162 g/mol. The maximum Gasteiger partial charge on any atom is 0.117 e. The molecule has 2 heteroatoms. The lowest BCUT2D eigenvalue weighted by atomic mass is 10.2. The minimum Gasteiger partial charge on any atom is -0.464 e. The van der Waals surface area contributed by atoms with Crippen LogP contribution in [0.5, 0.6) is 0 Å².